The normalized spacial score (nSPS) is 12.2. The second-order valence-electron chi connectivity index (χ2n) is 4.72. The van der Waals surface area contributed by atoms with Crippen LogP contribution in [0.3, 0.4) is 0 Å². The summed E-state index contributed by atoms with van der Waals surface area (Å²) in [6, 6.07) is 16.3. The lowest BCUT2D eigenvalue weighted by atomic mass is 10.1. The van der Waals surface area contributed by atoms with E-state index in [9.17, 15) is 0 Å². The van der Waals surface area contributed by atoms with Crippen LogP contribution in [0.4, 0.5) is 11.4 Å². The standard InChI is InChI=1S/C17H20ClNO/c1-4-20-13(2)14-5-9-16(10-6-14)19(3)17-11-7-15(18)8-12-17/h5-13H,4H2,1-3H3. The molecule has 0 saturated heterocycles. The fraction of sp³-hybridized carbons (Fsp3) is 0.294. The van der Waals surface area contributed by atoms with Crippen molar-refractivity contribution < 1.29 is 4.74 Å². The highest BCUT2D eigenvalue weighted by molar-refractivity contribution is 6.30. The number of nitrogens with zero attached hydrogens (tertiary/aromatic N) is 1. The van der Waals surface area contributed by atoms with Crippen LogP contribution < -0.4 is 4.90 Å². The van der Waals surface area contributed by atoms with Gasteiger partial charge in [-0.15, -0.1) is 0 Å². The summed E-state index contributed by atoms with van der Waals surface area (Å²) in [6.07, 6.45) is 0.134. The van der Waals surface area contributed by atoms with E-state index in [-0.39, 0.29) is 6.10 Å². The Labute approximate surface area is 125 Å². The Hall–Kier alpha value is -1.51. The first kappa shape index (κ1) is 14.9. The topological polar surface area (TPSA) is 12.5 Å². The van der Waals surface area contributed by atoms with E-state index in [1.165, 1.54) is 5.56 Å². The summed E-state index contributed by atoms with van der Waals surface area (Å²) < 4.78 is 5.60. The number of benzene rings is 2. The van der Waals surface area contributed by atoms with Gasteiger partial charge in [0.15, 0.2) is 0 Å². The molecule has 1 unspecified atom stereocenters. The van der Waals surface area contributed by atoms with Crippen molar-refractivity contribution >= 4 is 23.0 Å². The number of halogens is 1. The molecule has 0 aromatic heterocycles. The zero-order valence-corrected chi connectivity index (χ0v) is 12.9. The van der Waals surface area contributed by atoms with Crippen LogP contribution in [0, 0.1) is 0 Å². The van der Waals surface area contributed by atoms with Crippen molar-refractivity contribution in [3.05, 3.63) is 59.1 Å². The van der Waals surface area contributed by atoms with Crippen LogP contribution in [0.1, 0.15) is 25.5 Å². The molecule has 0 aliphatic carbocycles. The molecule has 0 N–H and O–H groups in total. The average Bonchev–Trinajstić information content (AvgIpc) is 2.48. The summed E-state index contributed by atoms with van der Waals surface area (Å²) in [5.74, 6) is 0. The molecule has 20 heavy (non-hydrogen) atoms. The van der Waals surface area contributed by atoms with Crippen LogP contribution in [0.15, 0.2) is 48.5 Å². The third-order valence-corrected chi connectivity index (χ3v) is 3.63. The molecular formula is C17H20ClNO. The van der Waals surface area contributed by atoms with Gasteiger partial charge >= 0.3 is 0 Å². The summed E-state index contributed by atoms with van der Waals surface area (Å²) in [5, 5.41) is 0.753. The van der Waals surface area contributed by atoms with Gasteiger partial charge in [-0.2, -0.15) is 0 Å². The van der Waals surface area contributed by atoms with Crippen LogP contribution in [0.25, 0.3) is 0 Å². The molecule has 0 bridgehead atoms. The number of ether oxygens (including phenoxy) is 1. The van der Waals surface area contributed by atoms with Gasteiger partial charge in [-0.1, -0.05) is 23.7 Å². The number of hydrogen-bond donors (Lipinski definition) is 0. The van der Waals surface area contributed by atoms with Gasteiger partial charge in [0, 0.05) is 30.1 Å². The molecule has 0 fully saturated rings. The van der Waals surface area contributed by atoms with Gasteiger partial charge in [0.2, 0.25) is 0 Å². The van der Waals surface area contributed by atoms with Crippen LogP contribution in [-0.2, 0) is 4.74 Å². The first-order chi connectivity index (χ1) is 9.61. The maximum Gasteiger partial charge on any atom is 0.0796 e. The zero-order chi connectivity index (χ0) is 14.5. The van der Waals surface area contributed by atoms with E-state index < -0.39 is 0 Å². The summed E-state index contributed by atoms with van der Waals surface area (Å²) in [5.41, 5.74) is 3.44. The quantitative estimate of drug-likeness (QED) is 0.749. The Morgan fingerprint density at radius 3 is 2.00 bits per heavy atom. The van der Waals surface area contributed by atoms with Crippen molar-refractivity contribution in [2.24, 2.45) is 0 Å². The monoisotopic (exact) mass is 289 g/mol. The maximum atomic E-state index is 5.92. The Bertz CT molecular complexity index is 536. The second kappa shape index (κ2) is 6.78. The van der Waals surface area contributed by atoms with Crippen molar-refractivity contribution in [2.75, 3.05) is 18.6 Å². The molecule has 0 radical (unpaired) electrons. The lowest BCUT2D eigenvalue weighted by Gasteiger charge is -2.20. The van der Waals surface area contributed by atoms with Crippen LogP contribution >= 0.6 is 11.6 Å². The zero-order valence-electron chi connectivity index (χ0n) is 12.1. The molecule has 106 valence electrons. The lowest BCUT2D eigenvalue weighted by Crippen LogP contribution is -2.09. The van der Waals surface area contributed by atoms with Crippen molar-refractivity contribution in [3.8, 4) is 0 Å². The van der Waals surface area contributed by atoms with Gasteiger partial charge < -0.3 is 9.64 Å². The van der Waals surface area contributed by atoms with Gasteiger partial charge in [-0.05, 0) is 55.8 Å². The van der Waals surface area contributed by atoms with Gasteiger partial charge in [-0.25, -0.2) is 0 Å². The van der Waals surface area contributed by atoms with E-state index in [4.69, 9.17) is 16.3 Å². The highest BCUT2D eigenvalue weighted by Gasteiger charge is 2.07. The van der Waals surface area contributed by atoms with Crippen molar-refractivity contribution in [2.45, 2.75) is 20.0 Å². The first-order valence-corrected chi connectivity index (χ1v) is 7.20. The third kappa shape index (κ3) is 3.53. The van der Waals surface area contributed by atoms with E-state index in [0.29, 0.717) is 0 Å². The molecule has 2 aromatic rings. The maximum absolute atomic E-state index is 5.92. The fourth-order valence-corrected chi connectivity index (χ4v) is 2.25. The smallest absolute Gasteiger partial charge is 0.0796 e. The molecule has 0 saturated carbocycles. The minimum Gasteiger partial charge on any atom is -0.374 e. The Morgan fingerprint density at radius 1 is 1.00 bits per heavy atom. The Balaban J connectivity index is 2.15. The van der Waals surface area contributed by atoms with Crippen LogP contribution in [0.5, 0.6) is 0 Å². The molecule has 2 aromatic carbocycles. The summed E-state index contributed by atoms with van der Waals surface area (Å²) in [4.78, 5) is 2.13. The highest BCUT2D eigenvalue weighted by atomic mass is 35.5. The molecular weight excluding hydrogens is 270 g/mol. The number of rotatable bonds is 5. The molecule has 0 heterocycles. The van der Waals surface area contributed by atoms with Crippen molar-refractivity contribution in [1.82, 2.24) is 0 Å². The largest absolute Gasteiger partial charge is 0.374 e. The Morgan fingerprint density at radius 2 is 1.50 bits per heavy atom. The molecule has 0 amide bonds. The average molecular weight is 290 g/mol. The minimum absolute atomic E-state index is 0.134. The van der Waals surface area contributed by atoms with Gasteiger partial charge in [-0.3, -0.25) is 0 Å². The van der Waals surface area contributed by atoms with Gasteiger partial charge in [0.1, 0.15) is 0 Å². The molecule has 3 heteroatoms. The summed E-state index contributed by atoms with van der Waals surface area (Å²) in [6.45, 7) is 4.81. The lowest BCUT2D eigenvalue weighted by molar-refractivity contribution is 0.0764. The van der Waals surface area contributed by atoms with Gasteiger partial charge in [0.25, 0.3) is 0 Å². The van der Waals surface area contributed by atoms with E-state index in [0.717, 1.165) is 23.0 Å². The van der Waals surface area contributed by atoms with Crippen LogP contribution in [-0.4, -0.2) is 13.7 Å². The molecule has 2 rings (SSSR count). The van der Waals surface area contributed by atoms with Crippen molar-refractivity contribution in [3.63, 3.8) is 0 Å². The van der Waals surface area contributed by atoms with Crippen LogP contribution in [0.2, 0.25) is 5.02 Å². The number of anilines is 2. The van der Waals surface area contributed by atoms with E-state index >= 15 is 0 Å². The highest BCUT2D eigenvalue weighted by Crippen LogP contribution is 2.26. The molecule has 1 atom stereocenters. The van der Waals surface area contributed by atoms with E-state index in [1.807, 2.05) is 38.2 Å². The predicted octanol–water partition coefficient (Wildman–Crippen LogP) is 5.21. The molecule has 0 aliphatic heterocycles. The predicted molar refractivity (Wildman–Crippen MR) is 86.0 cm³/mol. The third-order valence-electron chi connectivity index (χ3n) is 3.38. The van der Waals surface area contributed by atoms with Gasteiger partial charge in [0.05, 0.1) is 6.10 Å². The molecule has 0 spiro atoms. The summed E-state index contributed by atoms with van der Waals surface area (Å²) >= 11 is 5.92. The Kier molecular flexibility index (Phi) is 5.05. The SMILES string of the molecule is CCOC(C)c1ccc(N(C)c2ccc(Cl)cc2)cc1. The first-order valence-electron chi connectivity index (χ1n) is 6.82. The van der Waals surface area contributed by atoms with E-state index in [1.54, 1.807) is 0 Å². The molecule has 2 nitrogen and oxygen atoms in total. The fourth-order valence-electron chi connectivity index (χ4n) is 2.13. The summed E-state index contributed by atoms with van der Waals surface area (Å²) in [7, 11) is 2.05. The number of hydrogen-bond acceptors (Lipinski definition) is 2. The second-order valence-corrected chi connectivity index (χ2v) is 5.16. The minimum atomic E-state index is 0.134. The van der Waals surface area contributed by atoms with Crippen molar-refractivity contribution in [1.29, 1.82) is 0 Å². The van der Waals surface area contributed by atoms with E-state index in [2.05, 4.69) is 36.1 Å². The molecule has 0 aliphatic rings.